The maximum atomic E-state index is 10.5. The number of piperidine rings is 1. The average Bonchev–Trinajstić information content (AvgIpc) is 2.37. The lowest BCUT2D eigenvalue weighted by Crippen LogP contribution is -2.43. The summed E-state index contributed by atoms with van der Waals surface area (Å²) in [6.45, 7) is 1.90. The van der Waals surface area contributed by atoms with Gasteiger partial charge in [0, 0.05) is 19.1 Å². The Morgan fingerprint density at radius 1 is 1.21 bits per heavy atom. The number of likely N-dealkylation sites (tertiary alicyclic amines) is 1. The zero-order chi connectivity index (χ0) is 13.5. The zero-order valence-electron chi connectivity index (χ0n) is 11.6. The molecule has 1 aliphatic heterocycles. The Labute approximate surface area is 115 Å². The lowest BCUT2D eigenvalue weighted by Gasteiger charge is -2.36. The third-order valence-electron chi connectivity index (χ3n) is 4.12. The van der Waals surface area contributed by atoms with Crippen LogP contribution in [0.1, 0.15) is 44.9 Å². The van der Waals surface area contributed by atoms with Gasteiger partial charge in [-0.05, 0) is 32.1 Å². The minimum absolute atomic E-state index is 0.130. The predicted molar refractivity (Wildman–Crippen MR) is 74.2 cm³/mol. The smallest absolute Gasteiger partial charge is 0.329 e. The van der Waals surface area contributed by atoms with Crippen LogP contribution in [0.25, 0.3) is 0 Å². The fourth-order valence-electron chi connectivity index (χ4n) is 3.01. The normalized spacial score (nSPS) is 28.5. The standard InChI is InChI=1S/C15H25NO3/c17-15(18)12-19-14-8-10-16(11-9-14)13-6-4-2-1-3-5-7-13/h4,6,13-14H,1-3,5,7-12H2,(H,17,18)/b6-4+. The van der Waals surface area contributed by atoms with Gasteiger partial charge >= 0.3 is 5.97 Å². The second-order valence-electron chi connectivity index (χ2n) is 5.57. The summed E-state index contributed by atoms with van der Waals surface area (Å²) >= 11 is 0. The van der Waals surface area contributed by atoms with E-state index in [1.165, 1.54) is 32.1 Å². The van der Waals surface area contributed by atoms with Crippen LogP contribution in [0.4, 0.5) is 0 Å². The molecule has 0 saturated carbocycles. The van der Waals surface area contributed by atoms with Crippen molar-refractivity contribution in [2.75, 3.05) is 19.7 Å². The molecular weight excluding hydrogens is 242 g/mol. The van der Waals surface area contributed by atoms with Gasteiger partial charge in [-0.2, -0.15) is 0 Å². The Kier molecular flexibility index (Phi) is 5.86. The topological polar surface area (TPSA) is 49.8 Å². The van der Waals surface area contributed by atoms with Crippen molar-refractivity contribution in [2.24, 2.45) is 0 Å². The largest absolute Gasteiger partial charge is 0.480 e. The molecule has 19 heavy (non-hydrogen) atoms. The van der Waals surface area contributed by atoms with Crippen molar-refractivity contribution in [2.45, 2.75) is 57.1 Å². The molecule has 1 atom stereocenters. The molecule has 0 aromatic heterocycles. The highest BCUT2D eigenvalue weighted by Gasteiger charge is 2.24. The van der Waals surface area contributed by atoms with Crippen LogP contribution in [-0.4, -0.2) is 47.8 Å². The van der Waals surface area contributed by atoms with Gasteiger partial charge in [0.2, 0.25) is 0 Å². The van der Waals surface area contributed by atoms with Crippen LogP contribution in [0.5, 0.6) is 0 Å². The summed E-state index contributed by atoms with van der Waals surface area (Å²) in [7, 11) is 0. The summed E-state index contributed by atoms with van der Waals surface area (Å²) in [4.78, 5) is 13.0. The fraction of sp³-hybridized carbons (Fsp3) is 0.800. The van der Waals surface area contributed by atoms with Gasteiger partial charge in [-0.1, -0.05) is 25.0 Å². The molecule has 1 heterocycles. The van der Waals surface area contributed by atoms with Gasteiger partial charge < -0.3 is 9.84 Å². The molecule has 0 amide bonds. The number of rotatable bonds is 4. The van der Waals surface area contributed by atoms with Gasteiger partial charge in [-0.15, -0.1) is 0 Å². The number of hydrogen-bond acceptors (Lipinski definition) is 3. The number of carboxylic acids is 1. The number of carboxylic acid groups (broad SMARTS) is 1. The molecule has 1 fully saturated rings. The number of aliphatic carboxylic acids is 1. The molecule has 2 aliphatic rings. The summed E-state index contributed by atoms with van der Waals surface area (Å²) in [5.41, 5.74) is 0. The van der Waals surface area contributed by atoms with E-state index < -0.39 is 5.97 Å². The van der Waals surface area contributed by atoms with Gasteiger partial charge in [-0.3, -0.25) is 4.90 Å². The van der Waals surface area contributed by atoms with Crippen LogP contribution < -0.4 is 0 Å². The van der Waals surface area contributed by atoms with Crippen LogP contribution in [0.15, 0.2) is 12.2 Å². The van der Waals surface area contributed by atoms with Crippen LogP contribution in [0.3, 0.4) is 0 Å². The quantitative estimate of drug-likeness (QED) is 0.795. The molecule has 0 aromatic rings. The van der Waals surface area contributed by atoms with Crippen LogP contribution in [-0.2, 0) is 9.53 Å². The molecule has 0 aromatic carbocycles. The molecule has 2 rings (SSSR count). The Morgan fingerprint density at radius 2 is 2.00 bits per heavy atom. The second-order valence-corrected chi connectivity index (χ2v) is 5.57. The van der Waals surface area contributed by atoms with Gasteiger partial charge in [0.05, 0.1) is 6.10 Å². The molecule has 0 bridgehead atoms. The van der Waals surface area contributed by atoms with E-state index in [0.717, 1.165) is 25.9 Å². The minimum atomic E-state index is -0.870. The molecule has 4 nitrogen and oxygen atoms in total. The monoisotopic (exact) mass is 267 g/mol. The molecule has 1 N–H and O–H groups in total. The zero-order valence-corrected chi connectivity index (χ0v) is 11.6. The molecule has 1 saturated heterocycles. The lowest BCUT2D eigenvalue weighted by atomic mass is 9.98. The van der Waals surface area contributed by atoms with Crippen molar-refractivity contribution >= 4 is 5.97 Å². The van der Waals surface area contributed by atoms with Crippen molar-refractivity contribution in [1.82, 2.24) is 4.90 Å². The van der Waals surface area contributed by atoms with Gasteiger partial charge in [0.25, 0.3) is 0 Å². The summed E-state index contributed by atoms with van der Waals surface area (Å²) < 4.78 is 5.38. The van der Waals surface area contributed by atoms with Crippen LogP contribution in [0.2, 0.25) is 0 Å². The Hall–Kier alpha value is -0.870. The predicted octanol–water partition coefficient (Wildman–Crippen LogP) is 2.44. The molecule has 1 aliphatic carbocycles. The molecule has 4 heteroatoms. The van der Waals surface area contributed by atoms with E-state index in [0.29, 0.717) is 6.04 Å². The first-order chi connectivity index (χ1) is 9.25. The first kappa shape index (κ1) is 14.5. The average molecular weight is 267 g/mol. The van der Waals surface area contributed by atoms with Gasteiger partial charge in [0.1, 0.15) is 6.61 Å². The maximum absolute atomic E-state index is 10.5. The highest BCUT2D eigenvalue weighted by atomic mass is 16.5. The second kappa shape index (κ2) is 7.65. The lowest BCUT2D eigenvalue weighted by molar-refractivity contribution is -0.145. The Morgan fingerprint density at radius 3 is 2.74 bits per heavy atom. The number of carbonyl (C=O) groups is 1. The Balaban J connectivity index is 1.75. The van der Waals surface area contributed by atoms with E-state index in [1.807, 2.05) is 0 Å². The van der Waals surface area contributed by atoms with E-state index in [4.69, 9.17) is 9.84 Å². The van der Waals surface area contributed by atoms with Gasteiger partial charge in [-0.25, -0.2) is 4.79 Å². The fourth-order valence-corrected chi connectivity index (χ4v) is 3.01. The van der Waals surface area contributed by atoms with Crippen molar-refractivity contribution in [3.8, 4) is 0 Å². The Bertz CT molecular complexity index is 309. The van der Waals surface area contributed by atoms with Crippen molar-refractivity contribution in [1.29, 1.82) is 0 Å². The van der Waals surface area contributed by atoms with Crippen molar-refractivity contribution in [3.05, 3.63) is 12.2 Å². The van der Waals surface area contributed by atoms with E-state index in [-0.39, 0.29) is 12.7 Å². The third-order valence-corrected chi connectivity index (χ3v) is 4.12. The SMILES string of the molecule is O=C(O)COC1CCN(C2/C=C/CCCCC2)CC1. The van der Waals surface area contributed by atoms with Crippen molar-refractivity contribution in [3.63, 3.8) is 0 Å². The summed E-state index contributed by atoms with van der Waals surface area (Å²) in [6.07, 6.45) is 13.2. The van der Waals surface area contributed by atoms with Crippen LogP contribution >= 0.6 is 0 Å². The summed E-state index contributed by atoms with van der Waals surface area (Å²) in [6, 6.07) is 0.584. The van der Waals surface area contributed by atoms with Crippen LogP contribution in [0, 0.1) is 0 Å². The summed E-state index contributed by atoms with van der Waals surface area (Å²) in [5, 5.41) is 8.61. The third kappa shape index (κ3) is 4.96. The maximum Gasteiger partial charge on any atom is 0.329 e. The minimum Gasteiger partial charge on any atom is -0.480 e. The van der Waals surface area contributed by atoms with E-state index in [9.17, 15) is 4.79 Å². The van der Waals surface area contributed by atoms with Gasteiger partial charge in [0.15, 0.2) is 0 Å². The highest BCUT2D eigenvalue weighted by Crippen LogP contribution is 2.21. The molecule has 1 unspecified atom stereocenters. The molecule has 0 radical (unpaired) electrons. The van der Waals surface area contributed by atoms with E-state index in [1.54, 1.807) is 0 Å². The summed E-state index contributed by atoms with van der Waals surface area (Å²) in [5.74, 6) is -0.870. The van der Waals surface area contributed by atoms with E-state index >= 15 is 0 Å². The molecular formula is C15H25NO3. The number of hydrogen-bond donors (Lipinski definition) is 1. The first-order valence-corrected chi connectivity index (χ1v) is 7.50. The first-order valence-electron chi connectivity index (χ1n) is 7.50. The number of allylic oxidation sites excluding steroid dienone is 1. The van der Waals surface area contributed by atoms with Crippen molar-refractivity contribution < 1.29 is 14.6 Å². The number of nitrogens with zero attached hydrogens (tertiary/aromatic N) is 1. The highest BCUT2D eigenvalue weighted by molar-refractivity contribution is 5.68. The molecule has 0 spiro atoms. The number of ether oxygens (including phenoxy) is 1. The van der Waals surface area contributed by atoms with E-state index in [2.05, 4.69) is 17.1 Å². The molecule has 108 valence electrons.